The molecule has 3 amide bonds. The molecular formula is C25H29Cl2N3O3. The monoisotopic (exact) mass is 489 g/mol. The Bertz CT molecular complexity index is 1020. The summed E-state index contributed by atoms with van der Waals surface area (Å²) in [5.41, 5.74) is 1.94. The summed E-state index contributed by atoms with van der Waals surface area (Å²) in [5.74, 6) is -0.466. The maximum Gasteiger partial charge on any atom is 0.252 e. The highest BCUT2D eigenvalue weighted by Crippen LogP contribution is 2.29. The summed E-state index contributed by atoms with van der Waals surface area (Å²) < 4.78 is 0. The lowest BCUT2D eigenvalue weighted by molar-refractivity contribution is -0.135. The van der Waals surface area contributed by atoms with Crippen LogP contribution in [0.5, 0.6) is 0 Å². The van der Waals surface area contributed by atoms with E-state index in [1.165, 1.54) is 18.6 Å². The van der Waals surface area contributed by atoms with E-state index in [1.807, 2.05) is 43.0 Å². The van der Waals surface area contributed by atoms with E-state index in [2.05, 4.69) is 10.6 Å². The van der Waals surface area contributed by atoms with Crippen molar-refractivity contribution < 1.29 is 14.4 Å². The summed E-state index contributed by atoms with van der Waals surface area (Å²) in [5, 5.41) is 6.53. The van der Waals surface area contributed by atoms with Gasteiger partial charge in [0.1, 0.15) is 6.04 Å². The van der Waals surface area contributed by atoms with Crippen LogP contribution in [0.3, 0.4) is 0 Å². The van der Waals surface area contributed by atoms with E-state index in [1.54, 1.807) is 12.1 Å². The smallest absolute Gasteiger partial charge is 0.252 e. The molecule has 3 rings (SSSR count). The molecule has 0 unspecified atom stereocenters. The summed E-state index contributed by atoms with van der Waals surface area (Å²) in [6, 6.07) is 11.8. The maximum absolute atomic E-state index is 13.3. The van der Waals surface area contributed by atoms with Crippen LogP contribution in [0.25, 0.3) is 0 Å². The number of carbonyl (C=O) groups excluding carboxylic acids is 3. The second-order valence-electron chi connectivity index (χ2n) is 8.76. The van der Waals surface area contributed by atoms with Crippen molar-refractivity contribution in [3.05, 3.63) is 63.6 Å². The number of hydrogen-bond acceptors (Lipinski definition) is 3. The zero-order valence-corrected chi connectivity index (χ0v) is 20.5. The van der Waals surface area contributed by atoms with Gasteiger partial charge in [0.15, 0.2) is 0 Å². The van der Waals surface area contributed by atoms with Crippen molar-refractivity contribution in [1.82, 2.24) is 10.2 Å². The molecular weight excluding hydrogens is 461 g/mol. The summed E-state index contributed by atoms with van der Waals surface area (Å²) >= 11 is 12.1. The molecule has 1 aliphatic heterocycles. The molecule has 1 fully saturated rings. The molecule has 0 bridgehead atoms. The number of likely N-dealkylation sites (tertiary alicyclic amines) is 1. The van der Waals surface area contributed by atoms with Crippen LogP contribution >= 0.6 is 23.2 Å². The Balaban J connectivity index is 1.66. The molecule has 1 aliphatic rings. The second kappa shape index (κ2) is 11.0. The summed E-state index contributed by atoms with van der Waals surface area (Å²) in [7, 11) is 0. The van der Waals surface area contributed by atoms with Gasteiger partial charge in [0.25, 0.3) is 5.91 Å². The van der Waals surface area contributed by atoms with Crippen LogP contribution in [-0.2, 0) is 9.59 Å². The third-order valence-corrected chi connectivity index (χ3v) is 6.32. The molecule has 0 aliphatic carbocycles. The zero-order valence-electron chi connectivity index (χ0n) is 19.0. The van der Waals surface area contributed by atoms with Gasteiger partial charge < -0.3 is 15.5 Å². The van der Waals surface area contributed by atoms with Crippen LogP contribution in [0.4, 0.5) is 5.69 Å². The lowest BCUT2D eigenvalue weighted by atomic mass is 9.89. The number of amides is 3. The second-order valence-corrected chi connectivity index (χ2v) is 9.63. The predicted molar refractivity (Wildman–Crippen MR) is 132 cm³/mol. The van der Waals surface area contributed by atoms with Crippen LogP contribution in [0, 0.1) is 5.92 Å². The maximum atomic E-state index is 13.3. The third-order valence-electron chi connectivity index (χ3n) is 5.85. The Morgan fingerprint density at radius 2 is 1.61 bits per heavy atom. The van der Waals surface area contributed by atoms with E-state index < -0.39 is 11.9 Å². The van der Waals surface area contributed by atoms with E-state index >= 15 is 0 Å². The van der Waals surface area contributed by atoms with Gasteiger partial charge in [0.05, 0.1) is 0 Å². The van der Waals surface area contributed by atoms with Gasteiger partial charge in [-0.3, -0.25) is 14.4 Å². The Hall–Kier alpha value is -2.57. The highest BCUT2D eigenvalue weighted by atomic mass is 35.5. The van der Waals surface area contributed by atoms with Gasteiger partial charge in [-0.15, -0.1) is 0 Å². The molecule has 33 heavy (non-hydrogen) atoms. The van der Waals surface area contributed by atoms with Gasteiger partial charge >= 0.3 is 0 Å². The number of halogens is 2. The fraction of sp³-hybridized carbons (Fsp3) is 0.400. The molecule has 2 aromatic rings. The van der Waals surface area contributed by atoms with Gasteiger partial charge in [0, 0.05) is 41.3 Å². The van der Waals surface area contributed by atoms with E-state index in [9.17, 15) is 14.4 Å². The Morgan fingerprint density at radius 3 is 2.18 bits per heavy atom. The Kier molecular flexibility index (Phi) is 8.38. The van der Waals surface area contributed by atoms with Crippen LogP contribution in [-0.4, -0.2) is 41.8 Å². The fourth-order valence-electron chi connectivity index (χ4n) is 4.10. The van der Waals surface area contributed by atoms with Gasteiger partial charge in [-0.25, -0.2) is 0 Å². The summed E-state index contributed by atoms with van der Waals surface area (Å²) in [4.78, 5) is 39.4. The molecule has 176 valence electrons. The molecule has 0 radical (unpaired) electrons. The quantitative estimate of drug-likeness (QED) is 0.591. The molecule has 0 aromatic heterocycles. The third kappa shape index (κ3) is 6.71. The number of rotatable bonds is 6. The largest absolute Gasteiger partial charge is 0.341 e. The van der Waals surface area contributed by atoms with Crippen molar-refractivity contribution in [1.29, 1.82) is 0 Å². The van der Waals surface area contributed by atoms with Crippen molar-refractivity contribution >= 4 is 46.6 Å². The minimum Gasteiger partial charge on any atom is -0.341 e. The average molecular weight is 490 g/mol. The summed E-state index contributed by atoms with van der Waals surface area (Å²) in [6.45, 7) is 6.46. The van der Waals surface area contributed by atoms with Crippen LogP contribution in [0.15, 0.2) is 42.5 Å². The standard InChI is InChI=1S/C25H29Cl2N3O3/c1-15(2)23(29-24(32)19-12-21(27)14-22(13-19)28-16(3)31)25(33)30-10-8-18(9-11-30)17-4-6-20(26)7-5-17/h4-7,12-15,18,23H,8-11H2,1-3H3,(H,28,31)(H,29,32)/t23-/m1/s1. The minimum atomic E-state index is -0.659. The highest BCUT2D eigenvalue weighted by Gasteiger charge is 2.32. The van der Waals surface area contributed by atoms with Gasteiger partial charge in [0.2, 0.25) is 11.8 Å². The fourth-order valence-corrected chi connectivity index (χ4v) is 4.46. The van der Waals surface area contributed by atoms with Crippen LogP contribution in [0.2, 0.25) is 10.0 Å². The number of piperidine rings is 1. The first kappa shape index (κ1) is 25.1. The number of carbonyl (C=O) groups is 3. The van der Waals surface area contributed by atoms with Crippen molar-refractivity contribution in [2.75, 3.05) is 18.4 Å². The lowest BCUT2D eigenvalue weighted by Crippen LogP contribution is -2.52. The number of nitrogens with zero attached hydrogens (tertiary/aromatic N) is 1. The van der Waals surface area contributed by atoms with Crippen molar-refractivity contribution in [3.63, 3.8) is 0 Å². The zero-order chi connectivity index (χ0) is 24.1. The molecule has 2 aromatic carbocycles. The van der Waals surface area contributed by atoms with Gasteiger partial charge in [-0.2, -0.15) is 0 Å². The molecule has 6 nitrogen and oxygen atoms in total. The number of hydrogen-bond donors (Lipinski definition) is 2. The minimum absolute atomic E-state index is 0.0861. The van der Waals surface area contributed by atoms with E-state index in [-0.39, 0.29) is 23.3 Å². The van der Waals surface area contributed by atoms with Crippen molar-refractivity contribution in [2.24, 2.45) is 5.92 Å². The average Bonchev–Trinajstić information content (AvgIpc) is 2.76. The number of benzene rings is 2. The van der Waals surface area contributed by atoms with Gasteiger partial charge in [-0.1, -0.05) is 49.2 Å². The normalized spacial score (nSPS) is 15.3. The number of anilines is 1. The first-order valence-electron chi connectivity index (χ1n) is 11.1. The number of nitrogens with one attached hydrogen (secondary N) is 2. The first-order valence-corrected chi connectivity index (χ1v) is 11.8. The predicted octanol–water partition coefficient (Wildman–Crippen LogP) is 5.11. The Morgan fingerprint density at radius 1 is 0.970 bits per heavy atom. The highest BCUT2D eigenvalue weighted by molar-refractivity contribution is 6.31. The topological polar surface area (TPSA) is 78.5 Å². The molecule has 1 heterocycles. The van der Waals surface area contributed by atoms with Gasteiger partial charge in [-0.05, 0) is 60.6 Å². The SMILES string of the molecule is CC(=O)Nc1cc(Cl)cc(C(=O)N[C@@H](C(=O)N2CCC(c3ccc(Cl)cc3)CC2)C(C)C)c1. The molecule has 1 atom stereocenters. The molecule has 0 spiro atoms. The Labute approximate surface area is 204 Å². The first-order chi connectivity index (χ1) is 15.6. The van der Waals surface area contributed by atoms with Crippen molar-refractivity contribution in [2.45, 2.75) is 45.6 Å². The van der Waals surface area contributed by atoms with E-state index in [4.69, 9.17) is 23.2 Å². The molecule has 0 saturated carbocycles. The molecule has 8 heteroatoms. The lowest BCUT2D eigenvalue weighted by Gasteiger charge is -2.35. The van der Waals surface area contributed by atoms with Crippen LogP contribution in [0.1, 0.15) is 55.5 Å². The van der Waals surface area contributed by atoms with Crippen molar-refractivity contribution in [3.8, 4) is 0 Å². The van der Waals surface area contributed by atoms with E-state index in [0.717, 1.165) is 12.8 Å². The molecule has 1 saturated heterocycles. The van der Waals surface area contributed by atoms with Crippen LogP contribution < -0.4 is 10.6 Å². The molecule has 2 N–H and O–H groups in total. The van der Waals surface area contributed by atoms with E-state index in [0.29, 0.717) is 34.7 Å². The summed E-state index contributed by atoms with van der Waals surface area (Å²) in [6.07, 6.45) is 1.72.